The van der Waals surface area contributed by atoms with E-state index in [0.717, 1.165) is 17.8 Å². The second kappa shape index (κ2) is 6.61. The highest BCUT2D eigenvalue weighted by atomic mass is 16.6. The number of hydrogen-bond acceptors (Lipinski definition) is 3. The van der Waals surface area contributed by atoms with Crippen molar-refractivity contribution in [2.24, 2.45) is 5.73 Å². The molecule has 138 valence electrons. The smallest absolute Gasteiger partial charge is 0.414 e. The fraction of sp³-hybridized carbons (Fsp3) is 0.400. The average molecular weight is 356 g/mol. The summed E-state index contributed by atoms with van der Waals surface area (Å²) in [6.07, 6.45) is 4.69. The number of carbonyl (C=O) groups is 2. The number of carbonyl (C=O) groups excluding carboxylic acids is 2. The van der Waals surface area contributed by atoms with Crippen LogP contribution in [0, 0.1) is 0 Å². The number of nitrogens with zero attached hydrogens (tertiary/aromatic N) is 2. The zero-order valence-corrected chi connectivity index (χ0v) is 15.5. The molecular formula is C20H26N3O3+. The maximum absolute atomic E-state index is 13.4. The van der Waals surface area contributed by atoms with Gasteiger partial charge in [-0.3, -0.25) is 4.79 Å². The van der Waals surface area contributed by atoms with E-state index in [-0.39, 0.29) is 4.48 Å². The summed E-state index contributed by atoms with van der Waals surface area (Å²) >= 11 is 0. The molecule has 2 heterocycles. The fourth-order valence-electron chi connectivity index (χ4n) is 3.73. The van der Waals surface area contributed by atoms with E-state index in [1.807, 2.05) is 74.1 Å². The summed E-state index contributed by atoms with van der Waals surface area (Å²) in [7, 11) is 0. The standard InChI is InChI=1S/C20H25N3O3/c1-20(2,3)26-19(25)23(14-8-11-17(23)18(21)24)16-10-5-4-9-15(16)22-12-6-7-13-22/h4-7,9-10,12-13,17H,8,11,14H2,1-3H3,(H-,21,24)/p+1/t17-,23?/m0/s1. The van der Waals surface area contributed by atoms with Crippen molar-refractivity contribution in [1.29, 1.82) is 0 Å². The summed E-state index contributed by atoms with van der Waals surface area (Å²) in [5.41, 5.74) is 6.63. The van der Waals surface area contributed by atoms with Crippen LogP contribution in [0.25, 0.3) is 5.69 Å². The summed E-state index contributed by atoms with van der Waals surface area (Å²) in [4.78, 5) is 25.6. The molecule has 3 rings (SSSR count). The van der Waals surface area contributed by atoms with Crippen LogP contribution in [0.4, 0.5) is 10.5 Å². The number of benzene rings is 1. The zero-order chi connectivity index (χ0) is 18.9. The number of likely N-dealkylation sites (tertiary alicyclic amines) is 1. The van der Waals surface area contributed by atoms with Gasteiger partial charge in [-0.15, -0.1) is 0 Å². The third-order valence-corrected chi connectivity index (χ3v) is 4.76. The lowest BCUT2D eigenvalue weighted by molar-refractivity contribution is -0.122. The minimum Gasteiger partial charge on any atom is -0.414 e. The second-order valence-corrected chi connectivity index (χ2v) is 7.71. The molecule has 1 aliphatic rings. The first-order chi connectivity index (χ1) is 12.3. The van der Waals surface area contributed by atoms with E-state index in [1.54, 1.807) is 0 Å². The van der Waals surface area contributed by atoms with Crippen LogP contribution in [0.2, 0.25) is 0 Å². The van der Waals surface area contributed by atoms with Crippen molar-refractivity contribution in [1.82, 2.24) is 9.05 Å². The number of aromatic nitrogens is 1. The number of primary amides is 1. The Bertz CT molecular complexity index is 808. The van der Waals surface area contributed by atoms with Crippen LogP contribution in [0.5, 0.6) is 0 Å². The van der Waals surface area contributed by atoms with Crippen LogP contribution < -0.4 is 10.2 Å². The minimum absolute atomic E-state index is 0.193. The molecule has 6 heteroatoms. The molecule has 1 aromatic heterocycles. The number of nitrogens with two attached hydrogens (primary N) is 1. The van der Waals surface area contributed by atoms with Gasteiger partial charge in [-0.1, -0.05) is 12.1 Å². The first-order valence-electron chi connectivity index (χ1n) is 8.89. The Balaban J connectivity index is 2.20. The fourth-order valence-corrected chi connectivity index (χ4v) is 3.73. The Hall–Kier alpha value is -2.60. The average Bonchev–Trinajstić information content (AvgIpc) is 3.23. The number of rotatable bonds is 3. The van der Waals surface area contributed by atoms with Crippen LogP contribution in [-0.4, -0.2) is 34.8 Å². The largest absolute Gasteiger partial charge is 0.522 e. The third kappa shape index (κ3) is 3.12. The lowest BCUT2D eigenvalue weighted by Gasteiger charge is -2.37. The Morgan fingerprint density at radius 1 is 1.15 bits per heavy atom. The predicted octanol–water partition coefficient (Wildman–Crippen LogP) is 3.37. The first-order valence-corrected chi connectivity index (χ1v) is 8.89. The third-order valence-electron chi connectivity index (χ3n) is 4.76. The van der Waals surface area contributed by atoms with E-state index in [4.69, 9.17) is 10.5 Å². The van der Waals surface area contributed by atoms with Crippen molar-refractivity contribution >= 4 is 17.7 Å². The van der Waals surface area contributed by atoms with E-state index in [0.29, 0.717) is 13.0 Å². The molecule has 1 saturated heterocycles. The Morgan fingerprint density at radius 2 is 1.81 bits per heavy atom. The first kappa shape index (κ1) is 18.2. The van der Waals surface area contributed by atoms with Crippen molar-refractivity contribution in [3.63, 3.8) is 0 Å². The number of para-hydroxylation sites is 2. The van der Waals surface area contributed by atoms with E-state index in [1.165, 1.54) is 0 Å². The number of quaternary nitrogens is 1. The molecule has 0 aliphatic carbocycles. The van der Waals surface area contributed by atoms with Crippen LogP contribution in [0.15, 0.2) is 48.8 Å². The Morgan fingerprint density at radius 3 is 2.42 bits per heavy atom. The summed E-state index contributed by atoms with van der Waals surface area (Å²) in [5, 5.41) is 0. The Labute approximate surface area is 153 Å². The summed E-state index contributed by atoms with van der Waals surface area (Å²) in [6, 6.07) is 10.8. The zero-order valence-electron chi connectivity index (χ0n) is 15.5. The van der Waals surface area contributed by atoms with Crippen LogP contribution >= 0.6 is 0 Å². The molecule has 2 atom stereocenters. The van der Waals surface area contributed by atoms with Gasteiger partial charge in [0.1, 0.15) is 11.3 Å². The second-order valence-electron chi connectivity index (χ2n) is 7.71. The maximum atomic E-state index is 13.4. The molecule has 1 unspecified atom stereocenters. The molecule has 1 aromatic carbocycles. The van der Waals surface area contributed by atoms with Crippen molar-refractivity contribution in [3.05, 3.63) is 48.8 Å². The summed E-state index contributed by atoms with van der Waals surface area (Å²) < 4.78 is 7.50. The monoisotopic (exact) mass is 356 g/mol. The van der Waals surface area contributed by atoms with Crippen molar-refractivity contribution in [2.75, 3.05) is 6.54 Å². The minimum atomic E-state index is -0.657. The van der Waals surface area contributed by atoms with Crippen LogP contribution in [-0.2, 0) is 9.53 Å². The topological polar surface area (TPSA) is 74.3 Å². The van der Waals surface area contributed by atoms with E-state index in [9.17, 15) is 9.59 Å². The van der Waals surface area contributed by atoms with Gasteiger partial charge in [0.15, 0.2) is 11.7 Å². The number of amides is 2. The lowest BCUT2D eigenvalue weighted by Crippen LogP contribution is -2.63. The molecule has 2 amide bonds. The highest BCUT2D eigenvalue weighted by molar-refractivity contribution is 5.95. The van der Waals surface area contributed by atoms with Crippen LogP contribution in [0.1, 0.15) is 33.6 Å². The van der Waals surface area contributed by atoms with Gasteiger partial charge < -0.3 is 15.0 Å². The molecule has 1 aliphatic heterocycles. The highest BCUT2D eigenvalue weighted by Crippen LogP contribution is 2.40. The van der Waals surface area contributed by atoms with E-state index >= 15 is 0 Å². The molecule has 0 spiro atoms. The van der Waals surface area contributed by atoms with Gasteiger partial charge in [0.2, 0.25) is 0 Å². The van der Waals surface area contributed by atoms with Gasteiger partial charge in [-0.2, -0.15) is 9.28 Å². The predicted molar refractivity (Wildman–Crippen MR) is 101 cm³/mol. The van der Waals surface area contributed by atoms with Gasteiger partial charge in [-0.05, 0) is 39.0 Å². The maximum Gasteiger partial charge on any atom is 0.522 e. The summed E-state index contributed by atoms with van der Waals surface area (Å²) in [5.74, 6) is -0.476. The SMILES string of the molecule is CC(C)(C)OC(=O)[N+]1(c2ccccc2-n2cccc2)CCC[C@H]1C(N)=O. The van der Waals surface area contributed by atoms with Crippen molar-refractivity contribution < 1.29 is 14.3 Å². The van der Waals surface area contributed by atoms with E-state index in [2.05, 4.69) is 0 Å². The molecule has 1 fully saturated rings. The molecule has 2 N–H and O–H groups in total. The van der Waals surface area contributed by atoms with Gasteiger partial charge in [0.05, 0.1) is 6.54 Å². The van der Waals surface area contributed by atoms with E-state index < -0.39 is 23.6 Å². The summed E-state index contributed by atoms with van der Waals surface area (Å²) in [6.45, 7) is 5.97. The number of ether oxygens (including phenoxy) is 1. The van der Waals surface area contributed by atoms with Crippen LogP contribution in [0.3, 0.4) is 0 Å². The van der Waals surface area contributed by atoms with Gasteiger partial charge in [0.25, 0.3) is 5.91 Å². The molecule has 2 aromatic rings. The molecule has 26 heavy (non-hydrogen) atoms. The molecule has 0 bridgehead atoms. The molecule has 0 saturated carbocycles. The number of hydrogen-bond donors (Lipinski definition) is 1. The van der Waals surface area contributed by atoms with Gasteiger partial charge in [0, 0.05) is 31.3 Å². The normalized spacial score (nSPS) is 23.0. The van der Waals surface area contributed by atoms with Crippen molar-refractivity contribution in [2.45, 2.75) is 45.3 Å². The molecular weight excluding hydrogens is 330 g/mol. The van der Waals surface area contributed by atoms with Crippen molar-refractivity contribution in [3.8, 4) is 5.69 Å². The van der Waals surface area contributed by atoms with Gasteiger partial charge >= 0.3 is 6.09 Å². The molecule has 0 radical (unpaired) electrons. The quantitative estimate of drug-likeness (QED) is 0.857. The Kier molecular flexibility index (Phi) is 4.63. The highest BCUT2D eigenvalue weighted by Gasteiger charge is 2.56. The lowest BCUT2D eigenvalue weighted by atomic mass is 10.1. The van der Waals surface area contributed by atoms with Gasteiger partial charge in [-0.25, -0.2) is 0 Å². The molecule has 6 nitrogen and oxygen atoms in total.